The lowest BCUT2D eigenvalue weighted by molar-refractivity contribution is 0.226. The summed E-state index contributed by atoms with van der Waals surface area (Å²) in [6.45, 7) is 8.22. The second-order valence-corrected chi connectivity index (χ2v) is 6.95. The standard InChI is InChI=1S/C19H27N3O/c1-4-17-7-14-23-19(17)18(5-1)22-12-10-21(11-13-22)9-6-16-3-2-8-20-15-16/h1,4-5,7,14,16,20H,2-3,6,8-13,15H2. The van der Waals surface area contributed by atoms with Gasteiger partial charge in [0, 0.05) is 31.6 Å². The molecule has 2 saturated heterocycles. The fourth-order valence-corrected chi connectivity index (χ4v) is 3.97. The molecule has 4 rings (SSSR count). The zero-order valence-corrected chi connectivity index (χ0v) is 13.8. The maximum Gasteiger partial charge on any atom is 0.157 e. The number of nitrogens with zero attached hydrogens (tertiary/aromatic N) is 2. The molecule has 1 aromatic carbocycles. The monoisotopic (exact) mass is 313 g/mol. The number of piperidine rings is 1. The van der Waals surface area contributed by atoms with Crippen molar-refractivity contribution in [3.63, 3.8) is 0 Å². The van der Waals surface area contributed by atoms with Gasteiger partial charge < -0.3 is 14.6 Å². The lowest BCUT2D eigenvalue weighted by Gasteiger charge is -2.37. The number of hydrogen-bond acceptors (Lipinski definition) is 4. The Morgan fingerprint density at radius 1 is 1.13 bits per heavy atom. The van der Waals surface area contributed by atoms with Crippen molar-refractivity contribution in [1.82, 2.24) is 10.2 Å². The highest BCUT2D eigenvalue weighted by atomic mass is 16.3. The zero-order valence-electron chi connectivity index (χ0n) is 13.8. The van der Waals surface area contributed by atoms with Crippen LogP contribution in [0.1, 0.15) is 19.3 Å². The zero-order chi connectivity index (χ0) is 15.5. The Morgan fingerprint density at radius 3 is 2.87 bits per heavy atom. The average Bonchev–Trinajstić information content (AvgIpc) is 3.10. The molecule has 1 aromatic heterocycles. The lowest BCUT2D eigenvalue weighted by atomic mass is 9.96. The third kappa shape index (κ3) is 3.38. The van der Waals surface area contributed by atoms with Crippen LogP contribution in [-0.2, 0) is 0 Å². The third-order valence-corrected chi connectivity index (χ3v) is 5.42. The first-order valence-electron chi connectivity index (χ1n) is 9.04. The van der Waals surface area contributed by atoms with Crippen LogP contribution in [0.15, 0.2) is 34.9 Å². The maximum atomic E-state index is 5.69. The van der Waals surface area contributed by atoms with E-state index < -0.39 is 0 Å². The Balaban J connectivity index is 1.31. The van der Waals surface area contributed by atoms with Crippen molar-refractivity contribution >= 4 is 16.7 Å². The second kappa shape index (κ2) is 6.93. The van der Waals surface area contributed by atoms with Crippen molar-refractivity contribution in [2.75, 3.05) is 50.7 Å². The van der Waals surface area contributed by atoms with E-state index in [9.17, 15) is 0 Å². The maximum absolute atomic E-state index is 5.69. The third-order valence-electron chi connectivity index (χ3n) is 5.42. The molecular weight excluding hydrogens is 286 g/mol. The molecule has 0 spiro atoms. The van der Waals surface area contributed by atoms with Gasteiger partial charge in [-0.3, -0.25) is 4.90 Å². The molecule has 1 atom stereocenters. The fraction of sp³-hybridized carbons (Fsp3) is 0.579. The van der Waals surface area contributed by atoms with E-state index in [1.54, 1.807) is 6.26 Å². The highest BCUT2D eigenvalue weighted by Gasteiger charge is 2.21. The van der Waals surface area contributed by atoms with Gasteiger partial charge in [0.1, 0.15) is 0 Å². The van der Waals surface area contributed by atoms with Crippen molar-refractivity contribution in [3.8, 4) is 0 Å². The van der Waals surface area contributed by atoms with E-state index in [0.717, 1.165) is 37.7 Å². The van der Waals surface area contributed by atoms with Gasteiger partial charge in [-0.25, -0.2) is 0 Å². The predicted molar refractivity (Wildman–Crippen MR) is 95.1 cm³/mol. The van der Waals surface area contributed by atoms with Crippen LogP contribution in [-0.4, -0.2) is 50.7 Å². The van der Waals surface area contributed by atoms with Gasteiger partial charge in [-0.2, -0.15) is 0 Å². The number of rotatable bonds is 4. The Morgan fingerprint density at radius 2 is 2.04 bits per heavy atom. The summed E-state index contributed by atoms with van der Waals surface area (Å²) in [5.74, 6) is 0.888. The molecule has 23 heavy (non-hydrogen) atoms. The molecule has 0 bridgehead atoms. The van der Waals surface area contributed by atoms with E-state index in [1.165, 1.54) is 50.0 Å². The van der Waals surface area contributed by atoms with Crippen molar-refractivity contribution < 1.29 is 4.42 Å². The summed E-state index contributed by atoms with van der Waals surface area (Å²) in [5.41, 5.74) is 2.29. The van der Waals surface area contributed by atoms with Gasteiger partial charge in [0.15, 0.2) is 5.58 Å². The van der Waals surface area contributed by atoms with Crippen LogP contribution in [0.5, 0.6) is 0 Å². The van der Waals surface area contributed by atoms with Crippen molar-refractivity contribution in [2.45, 2.75) is 19.3 Å². The first-order valence-corrected chi connectivity index (χ1v) is 9.04. The van der Waals surface area contributed by atoms with Gasteiger partial charge in [0.05, 0.1) is 12.0 Å². The average molecular weight is 313 g/mol. The number of furan rings is 1. The molecule has 1 N–H and O–H groups in total. The van der Waals surface area contributed by atoms with Gasteiger partial charge in [-0.1, -0.05) is 12.1 Å². The van der Waals surface area contributed by atoms with Gasteiger partial charge in [0.25, 0.3) is 0 Å². The van der Waals surface area contributed by atoms with E-state index in [-0.39, 0.29) is 0 Å². The Kier molecular flexibility index (Phi) is 4.53. The van der Waals surface area contributed by atoms with Crippen LogP contribution < -0.4 is 10.2 Å². The summed E-state index contributed by atoms with van der Waals surface area (Å²) in [7, 11) is 0. The van der Waals surface area contributed by atoms with Crippen molar-refractivity contribution in [3.05, 3.63) is 30.5 Å². The van der Waals surface area contributed by atoms with E-state index >= 15 is 0 Å². The SMILES string of the molecule is c1cc(N2CCN(CCC3CCCNC3)CC2)c2occc2c1. The van der Waals surface area contributed by atoms with Crippen LogP contribution >= 0.6 is 0 Å². The molecule has 124 valence electrons. The molecule has 0 radical (unpaired) electrons. The smallest absolute Gasteiger partial charge is 0.157 e. The Hall–Kier alpha value is -1.52. The summed E-state index contributed by atoms with van der Waals surface area (Å²) in [6.07, 6.45) is 5.91. The predicted octanol–water partition coefficient (Wildman–Crippen LogP) is 2.94. The lowest BCUT2D eigenvalue weighted by Crippen LogP contribution is -2.47. The minimum Gasteiger partial charge on any atom is -0.462 e. The number of benzene rings is 1. The molecular formula is C19H27N3O. The second-order valence-electron chi connectivity index (χ2n) is 6.95. The van der Waals surface area contributed by atoms with Crippen LogP contribution in [0, 0.1) is 5.92 Å². The molecule has 0 aliphatic carbocycles. The molecule has 0 saturated carbocycles. The first-order chi connectivity index (χ1) is 11.4. The Labute approximate surface area is 138 Å². The van der Waals surface area contributed by atoms with E-state index in [0.29, 0.717) is 0 Å². The molecule has 2 aromatic rings. The summed E-state index contributed by atoms with van der Waals surface area (Å²) in [5, 5.41) is 4.73. The quantitative estimate of drug-likeness (QED) is 0.940. The first kappa shape index (κ1) is 15.0. The molecule has 2 aliphatic heterocycles. The number of anilines is 1. The topological polar surface area (TPSA) is 31.6 Å². The van der Waals surface area contributed by atoms with E-state index in [2.05, 4.69) is 33.3 Å². The van der Waals surface area contributed by atoms with Crippen LogP contribution in [0.3, 0.4) is 0 Å². The number of hydrogen-bond donors (Lipinski definition) is 1. The molecule has 4 heteroatoms. The van der Waals surface area contributed by atoms with Crippen molar-refractivity contribution in [2.24, 2.45) is 5.92 Å². The number of piperazine rings is 1. The van der Waals surface area contributed by atoms with E-state index in [1.807, 2.05) is 6.07 Å². The van der Waals surface area contributed by atoms with Gasteiger partial charge in [0.2, 0.25) is 0 Å². The van der Waals surface area contributed by atoms with Crippen LogP contribution in [0.25, 0.3) is 11.0 Å². The minimum absolute atomic E-state index is 0.888. The van der Waals surface area contributed by atoms with Gasteiger partial charge in [-0.05, 0) is 56.9 Å². The molecule has 1 unspecified atom stereocenters. The summed E-state index contributed by atoms with van der Waals surface area (Å²) in [4.78, 5) is 5.11. The van der Waals surface area contributed by atoms with Gasteiger partial charge in [-0.15, -0.1) is 0 Å². The largest absolute Gasteiger partial charge is 0.462 e. The highest BCUT2D eigenvalue weighted by molar-refractivity contribution is 5.89. The number of nitrogens with one attached hydrogen (secondary N) is 1. The number of fused-ring (bicyclic) bond motifs is 1. The highest BCUT2D eigenvalue weighted by Crippen LogP contribution is 2.28. The fourth-order valence-electron chi connectivity index (χ4n) is 3.97. The van der Waals surface area contributed by atoms with Gasteiger partial charge >= 0.3 is 0 Å². The molecule has 2 aliphatic rings. The van der Waals surface area contributed by atoms with Crippen LogP contribution in [0.4, 0.5) is 5.69 Å². The van der Waals surface area contributed by atoms with Crippen LogP contribution in [0.2, 0.25) is 0 Å². The molecule has 0 amide bonds. The molecule has 4 nitrogen and oxygen atoms in total. The van der Waals surface area contributed by atoms with Crippen molar-refractivity contribution in [1.29, 1.82) is 0 Å². The summed E-state index contributed by atoms with van der Waals surface area (Å²) in [6, 6.07) is 8.49. The normalized spacial score (nSPS) is 23.5. The molecule has 3 heterocycles. The summed E-state index contributed by atoms with van der Waals surface area (Å²) < 4.78 is 5.69. The minimum atomic E-state index is 0.888. The molecule has 2 fully saturated rings. The Bertz CT molecular complexity index is 624. The van der Waals surface area contributed by atoms with E-state index in [4.69, 9.17) is 4.42 Å². The summed E-state index contributed by atoms with van der Waals surface area (Å²) >= 11 is 0. The number of para-hydroxylation sites is 1.